The second-order valence-corrected chi connectivity index (χ2v) is 5.00. The maximum absolute atomic E-state index is 7.68. The molecular weight excluding hydrogens is 218 g/mol. The molecule has 18 heavy (non-hydrogen) atoms. The molecule has 1 aliphatic rings. The summed E-state index contributed by atoms with van der Waals surface area (Å²) < 4.78 is 0. The fourth-order valence-electron chi connectivity index (χ4n) is 2.96. The number of aryl methyl sites for hydroxylation is 2. The summed E-state index contributed by atoms with van der Waals surface area (Å²) in [5.74, 6) is 0. The zero-order valence-electron chi connectivity index (χ0n) is 10.5. The Bertz CT molecular complexity index is 587. The van der Waals surface area contributed by atoms with Crippen LogP contribution in [0.25, 0.3) is 4.85 Å². The van der Waals surface area contributed by atoms with Crippen molar-refractivity contribution in [2.75, 3.05) is 0 Å². The Hall–Kier alpha value is -2.07. The first-order valence-corrected chi connectivity index (χ1v) is 6.31. The van der Waals surface area contributed by atoms with E-state index < -0.39 is 5.54 Å². The summed E-state index contributed by atoms with van der Waals surface area (Å²) in [5, 5.41) is 0. The Labute approximate surface area is 108 Å². The third-order valence-corrected chi connectivity index (χ3v) is 3.97. The van der Waals surface area contributed by atoms with E-state index in [9.17, 15) is 0 Å². The van der Waals surface area contributed by atoms with Crippen molar-refractivity contribution in [2.24, 2.45) is 0 Å². The monoisotopic (exact) mass is 233 g/mol. The van der Waals surface area contributed by atoms with Gasteiger partial charge in [-0.05, 0) is 24.0 Å². The van der Waals surface area contributed by atoms with Crippen LogP contribution >= 0.6 is 0 Å². The van der Waals surface area contributed by atoms with E-state index in [0.29, 0.717) is 0 Å². The first kappa shape index (κ1) is 11.0. The molecule has 0 spiro atoms. The molecular formula is C17H15N. The Morgan fingerprint density at radius 2 is 1.33 bits per heavy atom. The molecule has 3 rings (SSSR count). The normalized spacial score (nSPS) is 16.0. The van der Waals surface area contributed by atoms with Crippen LogP contribution < -0.4 is 0 Å². The third kappa shape index (κ3) is 1.46. The van der Waals surface area contributed by atoms with Crippen LogP contribution in [0.2, 0.25) is 0 Å². The number of benzene rings is 2. The highest BCUT2D eigenvalue weighted by Crippen LogP contribution is 2.40. The summed E-state index contributed by atoms with van der Waals surface area (Å²) in [7, 11) is 0. The Morgan fingerprint density at radius 1 is 0.889 bits per heavy atom. The molecule has 0 saturated heterocycles. The van der Waals surface area contributed by atoms with Crippen molar-refractivity contribution in [2.45, 2.75) is 25.3 Å². The van der Waals surface area contributed by atoms with Gasteiger partial charge in [-0.3, -0.25) is 0 Å². The van der Waals surface area contributed by atoms with Gasteiger partial charge in [0.2, 0.25) is 0 Å². The Kier molecular flexibility index (Phi) is 2.45. The van der Waals surface area contributed by atoms with E-state index in [1.165, 1.54) is 22.3 Å². The number of fused-ring (bicyclic) bond motifs is 2. The van der Waals surface area contributed by atoms with Crippen molar-refractivity contribution in [3.63, 3.8) is 0 Å². The van der Waals surface area contributed by atoms with Gasteiger partial charge in [-0.15, -0.1) is 0 Å². The highest BCUT2D eigenvalue weighted by atomic mass is 14.8. The summed E-state index contributed by atoms with van der Waals surface area (Å²) in [5.41, 5.74) is 4.43. The lowest BCUT2D eigenvalue weighted by molar-refractivity contribution is 0.712. The van der Waals surface area contributed by atoms with E-state index in [1.54, 1.807) is 0 Å². The molecule has 0 aromatic heterocycles. The minimum atomic E-state index is -0.538. The number of nitrogens with zero attached hydrogens (tertiary/aromatic N) is 1. The SMILES string of the molecule is [C-]#[N+]C1(C)c2ccccc2CCc2ccccc21. The van der Waals surface area contributed by atoms with Gasteiger partial charge in [0.1, 0.15) is 0 Å². The van der Waals surface area contributed by atoms with E-state index in [1.807, 2.05) is 19.1 Å². The van der Waals surface area contributed by atoms with Crippen LogP contribution in [0.15, 0.2) is 48.5 Å². The molecule has 88 valence electrons. The lowest BCUT2D eigenvalue weighted by Gasteiger charge is -2.20. The van der Waals surface area contributed by atoms with Crippen molar-refractivity contribution in [1.29, 1.82) is 0 Å². The van der Waals surface area contributed by atoms with E-state index in [-0.39, 0.29) is 0 Å². The maximum atomic E-state index is 7.68. The van der Waals surface area contributed by atoms with Crippen molar-refractivity contribution in [3.8, 4) is 0 Å². The molecule has 0 fully saturated rings. The zero-order chi connectivity index (χ0) is 12.6. The molecule has 0 amide bonds. The molecule has 0 bridgehead atoms. The number of hydrogen-bond acceptors (Lipinski definition) is 0. The highest BCUT2D eigenvalue weighted by molar-refractivity contribution is 5.50. The molecule has 2 aromatic rings. The topological polar surface area (TPSA) is 4.36 Å². The summed E-state index contributed by atoms with van der Waals surface area (Å²) in [6.45, 7) is 9.72. The van der Waals surface area contributed by atoms with Crippen LogP contribution in [0, 0.1) is 6.57 Å². The predicted octanol–water partition coefficient (Wildman–Crippen LogP) is 3.97. The van der Waals surface area contributed by atoms with Crippen LogP contribution in [-0.2, 0) is 18.4 Å². The molecule has 0 aliphatic heterocycles. The van der Waals surface area contributed by atoms with Gasteiger partial charge in [-0.1, -0.05) is 48.5 Å². The molecule has 1 nitrogen and oxygen atoms in total. The van der Waals surface area contributed by atoms with Crippen LogP contribution in [0.1, 0.15) is 29.2 Å². The second-order valence-electron chi connectivity index (χ2n) is 5.00. The van der Waals surface area contributed by atoms with Gasteiger partial charge in [-0.2, -0.15) is 0 Å². The molecule has 2 aromatic carbocycles. The Morgan fingerprint density at radius 3 is 1.78 bits per heavy atom. The van der Waals surface area contributed by atoms with Gasteiger partial charge in [0.25, 0.3) is 5.54 Å². The predicted molar refractivity (Wildman–Crippen MR) is 73.3 cm³/mol. The van der Waals surface area contributed by atoms with Gasteiger partial charge in [-0.25, -0.2) is 6.57 Å². The second kappa shape index (κ2) is 3.99. The van der Waals surface area contributed by atoms with Crippen molar-refractivity contribution < 1.29 is 0 Å². The number of rotatable bonds is 0. The maximum Gasteiger partial charge on any atom is 0.280 e. The van der Waals surface area contributed by atoms with Crippen LogP contribution in [0.5, 0.6) is 0 Å². The van der Waals surface area contributed by atoms with Gasteiger partial charge in [0.05, 0.1) is 0 Å². The molecule has 1 heteroatoms. The minimum absolute atomic E-state index is 0.538. The van der Waals surface area contributed by atoms with E-state index in [2.05, 4.69) is 41.2 Å². The summed E-state index contributed by atoms with van der Waals surface area (Å²) in [4.78, 5) is 3.97. The van der Waals surface area contributed by atoms with Crippen molar-refractivity contribution in [3.05, 3.63) is 82.2 Å². The van der Waals surface area contributed by atoms with Gasteiger partial charge >= 0.3 is 0 Å². The van der Waals surface area contributed by atoms with E-state index >= 15 is 0 Å². The summed E-state index contributed by atoms with van der Waals surface area (Å²) >= 11 is 0. The summed E-state index contributed by atoms with van der Waals surface area (Å²) in [6.07, 6.45) is 2.05. The van der Waals surface area contributed by atoms with Crippen LogP contribution in [-0.4, -0.2) is 0 Å². The van der Waals surface area contributed by atoms with Crippen LogP contribution in [0.4, 0.5) is 0 Å². The molecule has 0 unspecified atom stereocenters. The minimum Gasteiger partial charge on any atom is -0.300 e. The third-order valence-electron chi connectivity index (χ3n) is 3.97. The smallest absolute Gasteiger partial charge is 0.280 e. The average molecular weight is 233 g/mol. The van der Waals surface area contributed by atoms with Gasteiger partial charge < -0.3 is 4.85 Å². The molecule has 1 aliphatic carbocycles. The average Bonchev–Trinajstić information content (AvgIpc) is 2.56. The summed E-state index contributed by atoms with van der Waals surface area (Å²) in [6, 6.07) is 16.7. The van der Waals surface area contributed by atoms with Crippen molar-refractivity contribution >= 4 is 0 Å². The Balaban J connectivity index is 2.33. The lowest BCUT2D eigenvalue weighted by atomic mass is 9.83. The fourth-order valence-corrected chi connectivity index (χ4v) is 2.96. The lowest BCUT2D eigenvalue weighted by Crippen LogP contribution is -2.20. The first-order chi connectivity index (χ1) is 8.75. The standard InChI is InChI=1S/C17H15N/c1-17(18-2)15-9-5-3-7-13(15)11-12-14-8-4-6-10-16(14)17/h3-10H,11-12H2,1H3. The first-order valence-electron chi connectivity index (χ1n) is 6.31. The van der Waals surface area contributed by atoms with E-state index in [4.69, 9.17) is 6.57 Å². The molecule has 0 heterocycles. The quantitative estimate of drug-likeness (QED) is 0.606. The van der Waals surface area contributed by atoms with E-state index in [0.717, 1.165) is 12.8 Å². The molecule has 0 saturated carbocycles. The largest absolute Gasteiger partial charge is 0.300 e. The zero-order valence-corrected chi connectivity index (χ0v) is 10.5. The van der Waals surface area contributed by atoms with Gasteiger partial charge in [0.15, 0.2) is 0 Å². The fraction of sp³-hybridized carbons (Fsp3) is 0.235. The van der Waals surface area contributed by atoms with Crippen molar-refractivity contribution in [1.82, 2.24) is 0 Å². The molecule has 0 N–H and O–H groups in total. The molecule has 0 radical (unpaired) electrons. The van der Waals surface area contributed by atoms with Crippen LogP contribution in [0.3, 0.4) is 0 Å². The number of hydrogen-bond donors (Lipinski definition) is 0. The molecule has 0 atom stereocenters. The van der Waals surface area contributed by atoms with Gasteiger partial charge in [0, 0.05) is 18.1 Å². The highest BCUT2D eigenvalue weighted by Gasteiger charge is 2.40.